The maximum Gasteiger partial charge on any atom is 0.211 e. The average Bonchev–Trinajstić information content (AvgIpc) is 2.03. The normalized spacial score (nSPS) is 16.6. The lowest BCUT2D eigenvalue weighted by atomic mass is 10.3. The third-order valence-corrected chi connectivity index (χ3v) is 1.85. The molecule has 12 heavy (non-hydrogen) atoms. The molecule has 1 heterocycles. The summed E-state index contributed by atoms with van der Waals surface area (Å²) in [5.41, 5.74) is 6.27. The van der Waals surface area contributed by atoms with Gasteiger partial charge in [-0.3, -0.25) is 0 Å². The highest BCUT2D eigenvalue weighted by Gasteiger charge is 2.08. The second kappa shape index (κ2) is 4.21. The van der Waals surface area contributed by atoms with E-state index in [-0.39, 0.29) is 0 Å². The van der Waals surface area contributed by atoms with Crippen molar-refractivity contribution >= 4 is 15.9 Å². The van der Waals surface area contributed by atoms with E-state index in [0.717, 1.165) is 4.48 Å². The van der Waals surface area contributed by atoms with Crippen LogP contribution in [0.4, 0.5) is 0 Å². The van der Waals surface area contributed by atoms with Gasteiger partial charge in [-0.1, -0.05) is 28.6 Å². The summed E-state index contributed by atoms with van der Waals surface area (Å²) in [6, 6.07) is 0. The van der Waals surface area contributed by atoms with Crippen molar-refractivity contribution in [3.63, 3.8) is 0 Å². The predicted octanol–water partition coefficient (Wildman–Crippen LogP) is 1.20. The Hall–Kier alpha value is -0.900. The van der Waals surface area contributed by atoms with Gasteiger partial charge in [-0.2, -0.15) is 0 Å². The molecule has 0 aromatic heterocycles. The first-order valence-corrected chi connectivity index (χ1v) is 4.36. The third kappa shape index (κ3) is 2.30. The lowest BCUT2D eigenvalue weighted by molar-refractivity contribution is 0.220. The predicted molar refractivity (Wildman–Crippen MR) is 52.4 cm³/mol. The molecule has 0 spiro atoms. The molecule has 1 rings (SSSR count). The standard InChI is InChI=1S/C8H11BrN2O/c1-2-3-12-8-7(10)4-6(9)5-11-8/h2,4,11H,1,3,5,10H2. The van der Waals surface area contributed by atoms with Crippen LogP contribution in [0.25, 0.3) is 0 Å². The molecule has 0 fully saturated rings. The van der Waals surface area contributed by atoms with Crippen molar-refractivity contribution < 1.29 is 4.74 Å². The third-order valence-electron chi connectivity index (χ3n) is 1.34. The number of allylic oxidation sites excluding steroid dienone is 1. The molecule has 1 aliphatic rings. The summed E-state index contributed by atoms with van der Waals surface area (Å²) in [5, 5.41) is 3.02. The van der Waals surface area contributed by atoms with E-state index < -0.39 is 0 Å². The number of ether oxygens (including phenoxy) is 1. The van der Waals surface area contributed by atoms with Crippen molar-refractivity contribution in [3.05, 3.63) is 34.8 Å². The fraction of sp³-hybridized carbons (Fsp3) is 0.250. The maximum atomic E-state index is 5.66. The minimum Gasteiger partial charge on any atom is -0.474 e. The Labute approximate surface area is 80.1 Å². The Kier molecular flexibility index (Phi) is 3.22. The van der Waals surface area contributed by atoms with Gasteiger partial charge in [0.25, 0.3) is 0 Å². The van der Waals surface area contributed by atoms with Gasteiger partial charge in [-0.05, 0) is 6.08 Å². The summed E-state index contributed by atoms with van der Waals surface area (Å²) in [5.74, 6) is 0.623. The first-order chi connectivity index (χ1) is 5.74. The molecule has 0 amide bonds. The van der Waals surface area contributed by atoms with Crippen LogP contribution in [0.3, 0.4) is 0 Å². The van der Waals surface area contributed by atoms with Crippen molar-refractivity contribution in [1.29, 1.82) is 0 Å². The van der Waals surface area contributed by atoms with Gasteiger partial charge in [0.2, 0.25) is 5.88 Å². The van der Waals surface area contributed by atoms with Crippen LogP contribution >= 0.6 is 15.9 Å². The van der Waals surface area contributed by atoms with E-state index >= 15 is 0 Å². The minimum atomic E-state index is 0.467. The van der Waals surface area contributed by atoms with Crippen LogP contribution in [0.5, 0.6) is 0 Å². The van der Waals surface area contributed by atoms with Gasteiger partial charge in [0.1, 0.15) is 6.61 Å². The molecule has 0 atom stereocenters. The van der Waals surface area contributed by atoms with Gasteiger partial charge in [-0.25, -0.2) is 0 Å². The van der Waals surface area contributed by atoms with Gasteiger partial charge < -0.3 is 15.8 Å². The van der Waals surface area contributed by atoms with Gasteiger partial charge in [-0.15, -0.1) is 0 Å². The van der Waals surface area contributed by atoms with Crippen LogP contribution in [0, 0.1) is 0 Å². The van der Waals surface area contributed by atoms with Crippen molar-refractivity contribution in [1.82, 2.24) is 5.32 Å². The lowest BCUT2D eigenvalue weighted by Gasteiger charge is -2.17. The summed E-state index contributed by atoms with van der Waals surface area (Å²) in [7, 11) is 0. The Morgan fingerprint density at radius 3 is 3.17 bits per heavy atom. The van der Waals surface area contributed by atoms with Gasteiger partial charge in [0.15, 0.2) is 0 Å². The van der Waals surface area contributed by atoms with Crippen molar-refractivity contribution in [2.24, 2.45) is 5.73 Å². The Balaban J connectivity index is 2.62. The highest BCUT2D eigenvalue weighted by molar-refractivity contribution is 9.11. The van der Waals surface area contributed by atoms with E-state index in [1.807, 2.05) is 6.08 Å². The summed E-state index contributed by atoms with van der Waals surface area (Å²) in [4.78, 5) is 0. The fourth-order valence-electron chi connectivity index (χ4n) is 0.829. The highest BCUT2D eigenvalue weighted by Crippen LogP contribution is 2.13. The lowest BCUT2D eigenvalue weighted by Crippen LogP contribution is -2.25. The summed E-state index contributed by atoms with van der Waals surface area (Å²) < 4.78 is 6.27. The molecule has 66 valence electrons. The van der Waals surface area contributed by atoms with E-state index in [4.69, 9.17) is 10.5 Å². The molecule has 1 aliphatic heterocycles. The maximum absolute atomic E-state index is 5.66. The Morgan fingerprint density at radius 2 is 2.58 bits per heavy atom. The number of halogens is 1. The number of hydrogen-bond donors (Lipinski definition) is 2. The highest BCUT2D eigenvalue weighted by atomic mass is 79.9. The van der Waals surface area contributed by atoms with Gasteiger partial charge in [0.05, 0.1) is 5.70 Å². The van der Waals surface area contributed by atoms with Crippen LogP contribution in [-0.4, -0.2) is 13.2 Å². The molecule has 0 saturated carbocycles. The fourth-order valence-corrected chi connectivity index (χ4v) is 1.22. The first-order valence-electron chi connectivity index (χ1n) is 3.57. The molecule has 0 aliphatic carbocycles. The zero-order chi connectivity index (χ0) is 8.97. The monoisotopic (exact) mass is 230 g/mol. The SMILES string of the molecule is C=CCOC1=C(N)C=C(Br)CN1. The summed E-state index contributed by atoms with van der Waals surface area (Å²) in [6.07, 6.45) is 3.50. The minimum absolute atomic E-state index is 0.467. The first kappa shape index (κ1) is 9.19. The van der Waals surface area contributed by atoms with Gasteiger partial charge >= 0.3 is 0 Å². The van der Waals surface area contributed by atoms with E-state index in [1.54, 1.807) is 6.08 Å². The Morgan fingerprint density at radius 1 is 1.83 bits per heavy atom. The Bertz CT molecular complexity index is 245. The number of dihydropyridines is 1. The summed E-state index contributed by atoms with van der Waals surface area (Å²) in [6.45, 7) is 4.73. The average molecular weight is 231 g/mol. The molecular weight excluding hydrogens is 220 g/mol. The molecular formula is C8H11BrN2O. The quantitative estimate of drug-likeness (QED) is 0.717. The molecule has 0 aromatic rings. The van der Waals surface area contributed by atoms with Crippen molar-refractivity contribution in [2.75, 3.05) is 13.2 Å². The molecule has 0 bridgehead atoms. The smallest absolute Gasteiger partial charge is 0.211 e. The van der Waals surface area contributed by atoms with Crippen LogP contribution in [0.15, 0.2) is 34.8 Å². The van der Waals surface area contributed by atoms with Gasteiger partial charge in [0, 0.05) is 11.0 Å². The summed E-state index contributed by atoms with van der Waals surface area (Å²) >= 11 is 3.33. The van der Waals surface area contributed by atoms with Crippen LogP contribution < -0.4 is 11.1 Å². The molecule has 0 aromatic carbocycles. The van der Waals surface area contributed by atoms with Crippen LogP contribution in [0.2, 0.25) is 0 Å². The number of nitrogens with one attached hydrogen (secondary N) is 1. The second-order valence-corrected chi connectivity index (χ2v) is 3.35. The molecule has 0 saturated heterocycles. The van der Waals surface area contributed by atoms with Crippen molar-refractivity contribution in [3.8, 4) is 0 Å². The molecule has 0 radical (unpaired) electrons. The molecule has 0 unspecified atom stereocenters. The largest absolute Gasteiger partial charge is 0.474 e. The zero-order valence-electron chi connectivity index (χ0n) is 6.64. The number of rotatable bonds is 3. The van der Waals surface area contributed by atoms with E-state index in [0.29, 0.717) is 24.7 Å². The van der Waals surface area contributed by atoms with Crippen LogP contribution in [0.1, 0.15) is 0 Å². The van der Waals surface area contributed by atoms with Crippen LogP contribution in [-0.2, 0) is 4.74 Å². The second-order valence-electron chi connectivity index (χ2n) is 2.33. The number of hydrogen-bond acceptors (Lipinski definition) is 3. The molecule has 4 heteroatoms. The zero-order valence-corrected chi connectivity index (χ0v) is 8.23. The van der Waals surface area contributed by atoms with Crippen molar-refractivity contribution in [2.45, 2.75) is 0 Å². The van der Waals surface area contributed by atoms with E-state index in [9.17, 15) is 0 Å². The molecule has 3 nitrogen and oxygen atoms in total. The van der Waals surface area contributed by atoms with E-state index in [1.165, 1.54) is 0 Å². The number of nitrogens with two attached hydrogens (primary N) is 1. The topological polar surface area (TPSA) is 47.3 Å². The molecule has 3 N–H and O–H groups in total. The van der Waals surface area contributed by atoms with E-state index in [2.05, 4.69) is 27.8 Å².